The molecular weight excluding hydrogens is 493 g/mol. The van der Waals surface area contributed by atoms with Crippen molar-refractivity contribution in [3.05, 3.63) is 53.7 Å². The fourth-order valence-corrected chi connectivity index (χ4v) is 4.71. The number of pyridine rings is 2. The van der Waals surface area contributed by atoms with Gasteiger partial charge in [0.2, 0.25) is 0 Å². The zero-order valence-corrected chi connectivity index (χ0v) is 21.0. The van der Waals surface area contributed by atoms with Crippen molar-refractivity contribution in [3.8, 4) is 17.3 Å². The lowest BCUT2D eigenvalue weighted by Gasteiger charge is -2.30. The van der Waals surface area contributed by atoms with Gasteiger partial charge in [-0.2, -0.15) is 13.2 Å². The Balaban J connectivity index is 0.00000304. The molecule has 11 heteroatoms. The Morgan fingerprint density at radius 2 is 1.89 bits per heavy atom. The van der Waals surface area contributed by atoms with Crippen molar-refractivity contribution in [2.45, 2.75) is 51.6 Å². The Morgan fingerprint density at radius 3 is 2.56 bits per heavy atom. The standard InChI is InChI=1S/C25H27F3N6O.ClH/c1-14(2)35-20-11-15(3)10-16-4-6-19(30-22(16)20)24-32-31-21-7-5-17(12-34(21)24)23(25(26,27)28)33-9-8-18(29)13-33;/h4-7,10-12,14,18,23H,8-9,13,29H2,1-3H3;1H/t18?,23-;/m1./s1. The summed E-state index contributed by atoms with van der Waals surface area (Å²) in [7, 11) is 0. The zero-order valence-electron chi connectivity index (χ0n) is 20.2. The SMILES string of the molecule is Cc1cc(OC(C)C)c2nc(-c3nnc4ccc([C@@H](N5CCC(N)C5)C(F)(F)F)cn34)ccc2c1.Cl. The number of nitrogens with zero attached hydrogens (tertiary/aromatic N) is 5. The molecule has 1 aliphatic rings. The van der Waals surface area contributed by atoms with E-state index in [1.165, 1.54) is 17.2 Å². The van der Waals surface area contributed by atoms with Crippen LogP contribution in [0.1, 0.15) is 37.4 Å². The van der Waals surface area contributed by atoms with Crippen LogP contribution in [0.5, 0.6) is 5.75 Å². The topological polar surface area (TPSA) is 81.6 Å². The monoisotopic (exact) mass is 520 g/mol. The molecule has 7 nitrogen and oxygen atoms in total. The highest BCUT2D eigenvalue weighted by Gasteiger charge is 2.46. The summed E-state index contributed by atoms with van der Waals surface area (Å²) in [5.41, 5.74) is 8.65. The highest BCUT2D eigenvalue weighted by molar-refractivity contribution is 5.87. The van der Waals surface area contributed by atoms with Crippen LogP contribution in [-0.2, 0) is 0 Å². The lowest BCUT2D eigenvalue weighted by molar-refractivity contribution is -0.183. The van der Waals surface area contributed by atoms with Gasteiger partial charge in [-0.15, -0.1) is 22.6 Å². The second-order valence-electron chi connectivity index (χ2n) is 9.40. The molecule has 0 radical (unpaired) electrons. The van der Waals surface area contributed by atoms with E-state index in [1.807, 2.05) is 39.0 Å². The second-order valence-corrected chi connectivity index (χ2v) is 9.40. The molecule has 0 spiro atoms. The summed E-state index contributed by atoms with van der Waals surface area (Å²) in [5, 5.41) is 9.31. The molecule has 0 aliphatic carbocycles. The number of hydrogen-bond donors (Lipinski definition) is 1. The van der Waals surface area contributed by atoms with Gasteiger partial charge in [-0.3, -0.25) is 9.30 Å². The Morgan fingerprint density at radius 1 is 1.11 bits per heavy atom. The van der Waals surface area contributed by atoms with Crippen LogP contribution in [0.4, 0.5) is 13.2 Å². The highest BCUT2D eigenvalue weighted by Crippen LogP contribution is 2.39. The van der Waals surface area contributed by atoms with E-state index in [1.54, 1.807) is 16.5 Å². The predicted octanol–water partition coefficient (Wildman–Crippen LogP) is 5.10. The minimum atomic E-state index is -4.45. The van der Waals surface area contributed by atoms with Crippen molar-refractivity contribution in [1.82, 2.24) is 24.5 Å². The molecule has 1 aromatic carbocycles. The van der Waals surface area contributed by atoms with Gasteiger partial charge >= 0.3 is 6.18 Å². The number of fused-ring (bicyclic) bond motifs is 2. The first-order valence-electron chi connectivity index (χ1n) is 11.6. The largest absolute Gasteiger partial charge is 0.489 e. The van der Waals surface area contributed by atoms with Crippen molar-refractivity contribution in [3.63, 3.8) is 0 Å². The summed E-state index contributed by atoms with van der Waals surface area (Å²) in [6.07, 6.45) is -2.50. The highest BCUT2D eigenvalue weighted by atomic mass is 35.5. The summed E-state index contributed by atoms with van der Waals surface area (Å²) < 4.78 is 50.0. The molecule has 36 heavy (non-hydrogen) atoms. The summed E-state index contributed by atoms with van der Waals surface area (Å²) >= 11 is 0. The lowest BCUT2D eigenvalue weighted by atomic mass is 10.1. The molecule has 2 N–H and O–H groups in total. The maximum atomic E-state index is 14.1. The molecule has 5 rings (SSSR count). The van der Waals surface area contributed by atoms with Crippen LogP contribution in [0.3, 0.4) is 0 Å². The Labute approximate surface area is 212 Å². The molecular formula is C25H28ClF3N6O. The molecule has 1 unspecified atom stereocenters. The Bertz CT molecular complexity index is 1390. The molecule has 2 atom stereocenters. The third-order valence-corrected chi connectivity index (χ3v) is 6.17. The number of aromatic nitrogens is 4. The third kappa shape index (κ3) is 4.98. The summed E-state index contributed by atoms with van der Waals surface area (Å²) in [4.78, 5) is 6.17. The summed E-state index contributed by atoms with van der Waals surface area (Å²) in [6, 6.07) is 8.63. The van der Waals surface area contributed by atoms with E-state index in [9.17, 15) is 13.2 Å². The molecule has 0 saturated carbocycles. The number of benzene rings is 1. The number of likely N-dealkylation sites (tertiary alicyclic amines) is 1. The van der Waals surface area contributed by atoms with E-state index in [2.05, 4.69) is 10.2 Å². The first kappa shape index (κ1) is 26.1. The first-order valence-corrected chi connectivity index (χ1v) is 11.6. The smallest absolute Gasteiger partial charge is 0.408 e. The number of halogens is 4. The van der Waals surface area contributed by atoms with Gasteiger partial charge in [0, 0.05) is 30.7 Å². The molecule has 0 amide bonds. The maximum absolute atomic E-state index is 14.1. The van der Waals surface area contributed by atoms with Crippen molar-refractivity contribution in [1.29, 1.82) is 0 Å². The van der Waals surface area contributed by atoms with Crippen LogP contribution < -0.4 is 10.5 Å². The van der Waals surface area contributed by atoms with Crippen molar-refractivity contribution in [2.75, 3.05) is 13.1 Å². The van der Waals surface area contributed by atoms with Crippen LogP contribution >= 0.6 is 12.4 Å². The average Bonchev–Trinajstić information content (AvgIpc) is 3.38. The minimum absolute atomic E-state index is 0. The van der Waals surface area contributed by atoms with Gasteiger partial charge in [0.05, 0.1) is 6.10 Å². The van der Waals surface area contributed by atoms with Crippen LogP contribution in [-0.4, -0.2) is 55.9 Å². The van der Waals surface area contributed by atoms with Gasteiger partial charge in [0.1, 0.15) is 23.0 Å². The first-order chi connectivity index (χ1) is 16.6. The van der Waals surface area contributed by atoms with Gasteiger partial charge in [-0.05, 0) is 62.6 Å². The van der Waals surface area contributed by atoms with Gasteiger partial charge in [0.15, 0.2) is 11.5 Å². The molecule has 1 saturated heterocycles. The molecule has 192 valence electrons. The number of nitrogens with two attached hydrogens (primary N) is 1. The van der Waals surface area contributed by atoms with Gasteiger partial charge in [-0.25, -0.2) is 4.98 Å². The van der Waals surface area contributed by atoms with Crippen molar-refractivity contribution >= 4 is 29.0 Å². The third-order valence-electron chi connectivity index (χ3n) is 6.17. The van der Waals surface area contributed by atoms with Crippen LogP contribution in [0, 0.1) is 6.92 Å². The van der Waals surface area contributed by atoms with Crippen LogP contribution in [0.15, 0.2) is 42.6 Å². The van der Waals surface area contributed by atoms with E-state index in [0.717, 1.165) is 10.9 Å². The molecule has 1 fully saturated rings. The van der Waals surface area contributed by atoms with E-state index in [4.69, 9.17) is 15.5 Å². The number of aryl methyl sites for hydroxylation is 1. The molecule has 4 heterocycles. The fraction of sp³-hybridized carbons (Fsp3) is 0.400. The molecule has 4 aromatic rings. The second kappa shape index (κ2) is 9.84. The quantitative estimate of drug-likeness (QED) is 0.394. The van der Waals surface area contributed by atoms with Crippen molar-refractivity contribution in [2.24, 2.45) is 5.73 Å². The maximum Gasteiger partial charge on any atom is 0.408 e. The lowest BCUT2D eigenvalue weighted by Crippen LogP contribution is -2.38. The zero-order chi connectivity index (χ0) is 24.9. The number of ether oxygens (including phenoxy) is 1. The fourth-order valence-electron chi connectivity index (χ4n) is 4.71. The van der Waals surface area contributed by atoms with E-state index in [0.29, 0.717) is 41.4 Å². The summed E-state index contributed by atoms with van der Waals surface area (Å²) in [5.74, 6) is 1.01. The van der Waals surface area contributed by atoms with Gasteiger partial charge in [0.25, 0.3) is 0 Å². The predicted molar refractivity (Wildman–Crippen MR) is 134 cm³/mol. The molecule has 3 aromatic heterocycles. The Hall–Kier alpha value is -2.95. The normalized spacial score (nSPS) is 17.6. The number of hydrogen-bond acceptors (Lipinski definition) is 6. The molecule has 1 aliphatic heterocycles. The van der Waals surface area contributed by atoms with Gasteiger partial charge in [-0.1, -0.05) is 12.1 Å². The van der Waals surface area contributed by atoms with E-state index < -0.39 is 12.2 Å². The summed E-state index contributed by atoms with van der Waals surface area (Å²) in [6.45, 7) is 6.36. The molecule has 0 bridgehead atoms. The number of alkyl halides is 3. The average molecular weight is 521 g/mol. The van der Waals surface area contributed by atoms with Crippen LogP contribution in [0.25, 0.3) is 28.1 Å². The Kier molecular flexibility index (Phi) is 7.14. The van der Waals surface area contributed by atoms with Crippen molar-refractivity contribution < 1.29 is 17.9 Å². The van der Waals surface area contributed by atoms with E-state index in [-0.39, 0.29) is 36.7 Å². The van der Waals surface area contributed by atoms with Gasteiger partial charge < -0.3 is 10.5 Å². The number of rotatable bonds is 5. The van der Waals surface area contributed by atoms with E-state index >= 15 is 0 Å². The van der Waals surface area contributed by atoms with Crippen LogP contribution in [0.2, 0.25) is 0 Å². The minimum Gasteiger partial charge on any atom is -0.489 e.